The second kappa shape index (κ2) is 9.50. The second-order valence-corrected chi connectivity index (χ2v) is 7.73. The van der Waals surface area contributed by atoms with Crippen molar-refractivity contribution in [3.63, 3.8) is 0 Å². The van der Waals surface area contributed by atoms with E-state index < -0.39 is 0 Å². The summed E-state index contributed by atoms with van der Waals surface area (Å²) in [7, 11) is 2.00. The molecular weight excluding hydrogens is 374 g/mol. The number of likely N-dealkylation sites (N-methyl/N-ethyl adjacent to an activating group) is 1. The van der Waals surface area contributed by atoms with E-state index in [0.717, 1.165) is 48.6 Å². The lowest BCUT2D eigenvalue weighted by atomic mass is 10.0. The summed E-state index contributed by atoms with van der Waals surface area (Å²) in [5.74, 6) is 0.902. The molecule has 154 valence electrons. The fourth-order valence-corrected chi connectivity index (χ4v) is 4.09. The quantitative estimate of drug-likeness (QED) is 0.654. The predicted octanol–water partition coefficient (Wildman–Crippen LogP) is 3.68. The Morgan fingerprint density at radius 1 is 1.10 bits per heavy atom. The van der Waals surface area contributed by atoms with E-state index in [0.29, 0.717) is 12.6 Å². The highest BCUT2D eigenvalue weighted by Crippen LogP contribution is 2.27. The van der Waals surface area contributed by atoms with Gasteiger partial charge in [-0.15, -0.1) is 5.10 Å². The summed E-state index contributed by atoms with van der Waals surface area (Å²) >= 11 is 0. The molecule has 0 radical (unpaired) electrons. The van der Waals surface area contributed by atoms with Gasteiger partial charge >= 0.3 is 0 Å². The molecule has 1 fully saturated rings. The van der Waals surface area contributed by atoms with Crippen molar-refractivity contribution in [3.05, 3.63) is 72.9 Å². The number of aromatic nitrogens is 2. The first kappa shape index (κ1) is 20.0. The Morgan fingerprint density at radius 2 is 1.90 bits per heavy atom. The molecule has 0 aliphatic carbocycles. The summed E-state index contributed by atoms with van der Waals surface area (Å²) in [5.41, 5.74) is 2.95. The summed E-state index contributed by atoms with van der Waals surface area (Å²) in [6, 6.07) is 22.3. The smallest absolute Gasteiger partial charge is 0.238 e. The summed E-state index contributed by atoms with van der Waals surface area (Å²) in [6.07, 6.45) is 3.92. The molecule has 6 nitrogen and oxygen atoms in total. The van der Waals surface area contributed by atoms with Gasteiger partial charge in [0.2, 0.25) is 5.91 Å². The van der Waals surface area contributed by atoms with Crippen molar-refractivity contribution in [2.45, 2.75) is 18.9 Å². The van der Waals surface area contributed by atoms with Crippen molar-refractivity contribution in [3.8, 4) is 11.1 Å². The molecule has 1 aliphatic rings. The van der Waals surface area contributed by atoms with Gasteiger partial charge in [0.1, 0.15) is 0 Å². The lowest BCUT2D eigenvalue weighted by Gasteiger charge is -2.29. The van der Waals surface area contributed by atoms with Crippen molar-refractivity contribution in [2.24, 2.45) is 0 Å². The molecule has 30 heavy (non-hydrogen) atoms. The molecule has 0 saturated carbocycles. The maximum atomic E-state index is 12.7. The van der Waals surface area contributed by atoms with Crippen molar-refractivity contribution < 1.29 is 4.79 Å². The second-order valence-electron chi connectivity index (χ2n) is 7.73. The molecule has 1 amide bonds. The molecular formula is C24H27N5O. The molecule has 1 atom stereocenters. The molecule has 1 aromatic heterocycles. The zero-order chi connectivity index (χ0) is 20.8. The van der Waals surface area contributed by atoms with E-state index in [2.05, 4.69) is 37.4 Å². The van der Waals surface area contributed by atoms with Crippen molar-refractivity contribution in [1.82, 2.24) is 15.1 Å². The fraction of sp³-hybridized carbons (Fsp3) is 0.292. The summed E-state index contributed by atoms with van der Waals surface area (Å²) in [6.45, 7) is 2.13. The Morgan fingerprint density at radius 3 is 2.70 bits per heavy atom. The molecule has 6 heteroatoms. The van der Waals surface area contributed by atoms with Gasteiger partial charge < -0.3 is 10.2 Å². The number of hydrogen-bond donors (Lipinski definition) is 1. The number of carbonyl (C=O) groups excluding carboxylic acids is 1. The van der Waals surface area contributed by atoms with Gasteiger partial charge in [0.15, 0.2) is 5.82 Å². The van der Waals surface area contributed by atoms with E-state index in [-0.39, 0.29) is 5.91 Å². The molecule has 3 aromatic rings. The van der Waals surface area contributed by atoms with Gasteiger partial charge in [-0.1, -0.05) is 48.5 Å². The zero-order valence-electron chi connectivity index (χ0n) is 17.2. The third-order valence-corrected chi connectivity index (χ3v) is 5.45. The van der Waals surface area contributed by atoms with Crippen LogP contribution >= 0.6 is 0 Å². The van der Waals surface area contributed by atoms with Crippen LogP contribution in [0.4, 0.5) is 11.5 Å². The SMILES string of the molecule is CN(CC(=O)Nc1ccccc1-c1ccccc1)CC1CCCN1c1cccnn1. The van der Waals surface area contributed by atoms with Crippen LogP contribution in [0.15, 0.2) is 72.9 Å². The van der Waals surface area contributed by atoms with Gasteiger partial charge in [0, 0.05) is 36.6 Å². The number of amides is 1. The maximum Gasteiger partial charge on any atom is 0.238 e. The van der Waals surface area contributed by atoms with Gasteiger partial charge in [-0.25, -0.2) is 0 Å². The minimum atomic E-state index is -0.00932. The number of rotatable bonds is 7. The highest BCUT2D eigenvalue weighted by Gasteiger charge is 2.27. The first-order valence-corrected chi connectivity index (χ1v) is 10.4. The van der Waals surface area contributed by atoms with E-state index in [4.69, 9.17) is 0 Å². The number of benzene rings is 2. The van der Waals surface area contributed by atoms with Crippen LogP contribution in [0, 0.1) is 0 Å². The van der Waals surface area contributed by atoms with E-state index in [9.17, 15) is 4.79 Å². The molecule has 0 bridgehead atoms. The Hall–Kier alpha value is -3.25. The maximum absolute atomic E-state index is 12.7. The molecule has 2 aromatic carbocycles. The van der Waals surface area contributed by atoms with Crippen LogP contribution in [0.2, 0.25) is 0 Å². The van der Waals surface area contributed by atoms with Gasteiger partial charge in [-0.2, -0.15) is 5.10 Å². The predicted molar refractivity (Wildman–Crippen MR) is 120 cm³/mol. The lowest BCUT2D eigenvalue weighted by Crippen LogP contribution is -2.42. The highest BCUT2D eigenvalue weighted by atomic mass is 16.2. The minimum absolute atomic E-state index is 0.00932. The summed E-state index contributed by atoms with van der Waals surface area (Å²) < 4.78 is 0. The molecule has 1 unspecified atom stereocenters. The summed E-state index contributed by atoms with van der Waals surface area (Å²) in [5, 5.41) is 11.3. The van der Waals surface area contributed by atoms with E-state index in [1.807, 2.05) is 61.6 Å². The number of para-hydroxylation sites is 1. The molecule has 1 N–H and O–H groups in total. The van der Waals surface area contributed by atoms with Crippen LogP contribution in [0.3, 0.4) is 0 Å². The molecule has 1 saturated heterocycles. The monoisotopic (exact) mass is 401 g/mol. The van der Waals surface area contributed by atoms with Gasteiger partial charge in [-0.05, 0) is 43.7 Å². The first-order chi connectivity index (χ1) is 14.7. The molecule has 0 spiro atoms. The Labute approximate surface area is 177 Å². The zero-order valence-corrected chi connectivity index (χ0v) is 17.2. The van der Waals surface area contributed by atoms with Crippen LogP contribution in [0.1, 0.15) is 12.8 Å². The van der Waals surface area contributed by atoms with E-state index >= 15 is 0 Å². The number of nitrogens with zero attached hydrogens (tertiary/aromatic N) is 4. The van der Waals surface area contributed by atoms with Crippen molar-refractivity contribution >= 4 is 17.4 Å². The number of anilines is 2. The Balaban J connectivity index is 1.37. The standard InChI is InChI=1S/C24H27N5O/c1-28(17-20-11-8-16-29(20)23-14-7-15-25-27-23)18-24(30)26-22-13-6-5-12-21(22)19-9-3-2-4-10-19/h2-7,9-10,12-15,20H,8,11,16-18H2,1H3,(H,26,30). The average Bonchev–Trinajstić information content (AvgIpc) is 3.23. The topological polar surface area (TPSA) is 61.4 Å². The molecule has 2 heterocycles. The van der Waals surface area contributed by atoms with E-state index in [1.54, 1.807) is 6.20 Å². The van der Waals surface area contributed by atoms with Crippen LogP contribution in [0.25, 0.3) is 11.1 Å². The molecule has 4 rings (SSSR count). The van der Waals surface area contributed by atoms with Gasteiger partial charge in [0.05, 0.1) is 6.54 Å². The fourth-order valence-electron chi connectivity index (χ4n) is 4.09. The van der Waals surface area contributed by atoms with Gasteiger partial charge in [-0.3, -0.25) is 9.69 Å². The number of carbonyl (C=O) groups is 1. The normalized spacial score (nSPS) is 16.1. The highest BCUT2D eigenvalue weighted by molar-refractivity contribution is 5.96. The first-order valence-electron chi connectivity index (χ1n) is 10.4. The molecule has 1 aliphatic heterocycles. The number of hydrogen-bond acceptors (Lipinski definition) is 5. The van der Waals surface area contributed by atoms with Crippen molar-refractivity contribution in [1.29, 1.82) is 0 Å². The van der Waals surface area contributed by atoms with Crippen molar-refractivity contribution in [2.75, 3.05) is 36.9 Å². The van der Waals surface area contributed by atoms with Gasteiger partial charge in [0.25, 0.3) is 0 Å². The largest absolute Gasteiger partial charge is 0.351 e. The third kappa shape index (κ3) is 4.83. The number of nitrogens with one attached hydrogen (secondary N) is 1. The van der Waals surface area contributed by atoms with Crippen LogP contribution in [-0.2, 0) is 4.79 Å². The third-order valence-electron chi connectivity index (χ3n) is 5.45. The summed E-state index contributed by atoms with van der Waals surface area (Å²) in [4.78, 5) is 17.1. The van der Waals surface area contributed by atoms with Crippen LogP contribution < -0.4 is 10.2 Å². The lowest BCUT2D eigenvalue weighted by molar-refractivity contribution is -0.117. The Bertz CT molecular complexity index is 964. The minimum Gasteiger partial charge on any atom is -0.351 e. The van der Waals surface area contributed by atoms with Crippen LogP contribution in [0.5, 0.6) is 0 Å². The van der Waals surface area contributed by atoms with E-state index in [1.165, 1.54) is 0 Å². The van der Waals surface area contributed by atoms with Crippen LogP contribution in [-0.4, -0.2) is 53.7 Å². The Kier molecular flexibility index (Phi) is 6.35. The average molecular weight is 402 g/mol.